The molecule has 1 atom stereocenters. The van der Waals surface area contributed by atoms with Gasteiger partial charge in [0.25, 0.3) is 0 Å². The first-order chi connectivity index (χ1) is 6.74. The summed E-state index contributed by atoms with van der Waals surface area (Å²) in [6.07, 6.45) is 4.82. The first-order valence-electron chi connectivity index (χ1n) is 5.29. The summed E-state index contributed by atoms with van der Waals surface area (Å²) in [5.41, 5.74) is 10.6. The fourth-order valence-electron chi connectivity index (χ4n) is 2.26. The van der Waals surface area contributed by atoms with Gasteiger partial charge in [0.05, 0.1) is 0 Å². The SMILES string of the molecule is CCC(N)c1ccc(I)c2c1CCC2. The van der Waals surface area contributed by atoms with E-state index >= 15 is 0 Å². The highest BCUT2D eigenvalue weighted by Gasteiger charge is 2.19. The Hall–Kier alpha value is -0.0900. The quantitative estimate of drug-likeness (QED) is 0.834. The molecule has 0 saturated carbocycles. The average Bonchev–Trinajstić information content (AvgIpc) is 2.67. The molecule has 2 heteroatoms. The third-order valence-corrected chi connectivity index (χ3v) is 4.11. The molecule has 1 aromatic carbocycles. The highest BCUT2D eigenvalue weighted by Crippen LogP contribution is 2.32. The molecule has 0 bridgehead atoms. The number of benzene rings is 1. The predicted molar refractivity (Wildman–Crippen MR) is 68.4 cm³/mol. The molecule has 0 amide bonds. The summed E-state index contributed by atoms with van der Waals surface area (Å²) in [5, 5.41) is 0. The largest absolute Gasteiger partial charge is 0.324 e. The Labute approximate surface area is 99.2 Å². The van der Waals surface area contributed by atoms with Crippen LogP contribution < -0.4 is 5.73 Å². The molecule has 0 heterocycles. The highest BCUT2D eigenvalue weighted by atomic mass is 127. The maximum absolute atomic E-state index is 6.11. The van der Waals surface area contributed by atoms with Gasteiger partial charge in [0, 0.05) is 9.61 Å². The van der Waals surface area contributed by atoms with E-state index in [0.717, 1.165) is 6.42 Å². The van der Waals surface area contributed by atoms with E-state index in [1.165, 1.54) is 28.4 Å². The Balaban J connectivity index is 2.48. The van der Waals surface area contributed by atoms with E-state index in [9.17, 15) is 0 Å². The number of rotatable bonds is 2. The minimum absolute atomic E-state index is 0.235. The minimum Gasteiger partial charge on any atom is -0.324 e. The zero-order chi connectivity index (χ0) is 10.1. The lowest BCUT2D eigenvalue weighted by Crippen LogP contribution is -2.11. The summed E-state index contributed by atoms with van der Waals surface area (Å²) in [5.74, 6) is 0. The predicted octanol–water partition coefficient (Wildman–Crippen LogP) is 3.19. The summed E-state index contributed by atoms with van der Waals surface area (Å²) in [4.78, 5) is 0. The molecule has 0 aromatic heterocycles. The summed E-state index contributed by atoms with van der Waals surface area (Å²) in [7, 11) is 0. The van der Waals surface area contributed by atoms with Gasteiger partial charge in [-0.15, -0.1) is 0 Å². The van der Waals surface area contributed by atoms with Crippen LogP contribution in [0.4, 0.5) is 0 Å². The number of hydrogen-bond acceptors (Lipinski definition) is 1. The fraction of sp³-hybridized carbons (Fsp3) is 0.500. The van der Waals surface area contributed by atoms with E-state index in [2.05, 4.69) is 41.6 Å². The lowest BCUT2D eigenvalue weighted by molar-refractivity contribution is 0.690. The van der Waals surface area contributed by atoms with E-state index in [1.54, 1.807) is 11.1 Å². The summed E-state index contributed by atoms with van der Waals surface area (Å²) in [6.45, 7) is 2.16. The van der Waals surface area contributed by atoms with Gasteiger partial charge < -0.3 is 5.73 Å². The lowest BCUT2D eigenvalue weighted by atomic mass is 9.96. The first kappa shape index (κ1) is 10.4. The van der Waals surface area contributed by atoms with Crippen molar-refractivity contribution in [1.29, 1.82) is 0 Å². The molecule has 0 radical (unpaired) electrons. The van der Waals surface area contributed by atoms with Gasteiger partial charge in [0.2, 0.25) is 0 Å². The molecule has 1 unspecified atom stereocenters. The van der Waals surface area contributed by atoms with Gasteiger partial charge in [-0.1, -0.05) is 13.0 Å². The minimum atomic E-state index is 0.235. The number of nitrogens with two attached hydrogens (primary N) is 1. The van der Waals surface area contributed by atoms with Crippen molar-refractivity contribution in [2.45, 2.75) is 38.6 Å². The second-order valence-corrected chi connectivity index (χ2v) is 5.12. The topological polar surface area (TPSA) is 26.0 Å². The second-order valence-electron chi connectivity index (χ2n) is 3.96. The Kier molecular flexibility index (Phi) is 3.12. The van der Waals surface area contributed by atoms with E-state index in [4.69, 9.17) is 5.73 Å². The molecule has 1 aliphatic carbocycles. The van der Waals surface area contributed by atoms with Gasteiger partial charge in [0.15, 0.2) is 0 Å². The standard InChI is InChI=1S/C12H16IN/c1-2-12(14)10-6-7-11(13)9-5-3-4-8(9)10/h6-7,12H,2-5,14H2,1H3. The monoisotopic (exact) mass is 301 g/mol. The number of halogens is 1. The zero-order valence-corrected chi connectivity index (χ0v) is 10.7. The first-order valence-corrected chi connectivity index (χ1v) is 6.37. The molecule has 1 aromatic rings. The fourth-order valence-corrected chi connectivity index (χ4v) is 3.03. The maximum Gasteiger partial charge on any atom is 0.0295 e. The molecular weight excluding hydrogens is 285 g/mol. The van der Waals surface area contributed by atoms with Crippen LogP contribution in [0.2, 0.25) is 0 Å². The van der Waals surface area contributed by atoms with Crippen LogP contribution in [0, 0.1) is 3.57 Å². The Morgan fingerprint density at radius 2 is 2.07 bits per heavy atom. The molecule has 14 heavy (non-hydrogen) atoms. The third kappa shape index (κ3) is 1.70. The van der Waals surface area contributed by atoms with Crippen molar-refractivity contribution in [2.75, 3.05) is 0 Å². The van der Waals surface area contributed by atoms with Crippen molar-refractivity contribution in [3.05, 3.63) is 32.4 Å². The van der Waals surface area contributed by atoms with Gasteiger partial charge in [-0.25, -0.2) is 0 Å². The van der Waals surface area contributed by atoms with Gasteiger partial charge in [-0.05, 0) is 71.0 Å². The highest BCUT2D eigenvalue weighted by molar-refractivity contribution is 14.1. The van der Waals surface area contributed by atoms with E-state index < -0.39 is 0 Å². The van der Waals surface area contributed by atoms with E-state index in [1.807, 2.05) is 0 Å². The molecule has 0 aliphatic heterocycles. The third-order valence-electron chi connectivity index (χ3n) is 3.10. The molecular formula is C12H16IN. The normalized spacial score (nSPS) is 16.8. The number of fused-ring (bicyclic) bond motifs is 1. The lowest BCUT2D eigenvalue weighted by Gasteiger charge is -2.15. The van der Waals surface area contributed by atoms with Crippen LogP contribution in [0.1, 0.15) is 42.5 Å². The van der Waals surface area contributed by atoms with Gasteiger partial charge >= 0.3 is 0 Å². The molecule has 76 valence electrons. The van der Waals surface area contributed by atoms with Crippen molar-refractivity contribution in [1.82, 2.24) is 0 Å². The molecule has 0 saturated heterocycles. The van der Waals surface area contributed by atoms with Gasteiger partial charge in [-0.2, -0.15) is 0 Å². The van der Waals surface area contributed by atoms with Crippen LogP contribution in [0.25, 0.3) is 0 Å². The molecule has 2 N–H and O–H groups in total. The van der Waals surface area contributed by atoms with Gasteiger partial charge in [-0.3, -0.25) is 0 Å². The van der Waals surface area contributed by atoms with E-state index in [-0.39, 0.29) is 6.04 Å². The van der Waals surface area contributed by atoms with Crippen molar-refractivity contribution >= 4 is 22.6 Å². The van der Waals surface area contributed by atoms with Crippen LogP contribution in [-0.2, 0) is 12.8 Å². The zero-order valence-electron chi connectivity index (χ0n) is 8.52. The van der Waals surface area contributed by atoms with Crippen LogP contribution in [0.3, 0.4) is 0 Å². The van der Waals surface area contributed by atoms with Crippen molar-refractivity contribution in [3.63, 3.8) is 0 Å². The van der Waals surface area contributed by atoms with Crippen LogP contribution in [-0.4, -0.2) is 0 Å². The summed E-state index contributed by atoms with van der Waals surface area (Å²) in [6, 6.07) is 4.68. The molecule has 1 aliphatic rings. The summed E-state index contributed by atoms with van der Waals surface area (Å²) < 4.78 is 1.42. The van der Waals surface area contributed by atoms with E-state index in [0.29, 0.717) is 0 Å². The van der Waals surface area contributed by atoms with Crippen LogP contribution in [0.5, 0.6) is 0 Å². The summed E-state index contributed by atoms with van der Waals surface area (Å²) >= 11 is 2.44. The van der Waals surface area contributed by atoms with Gasteiger partial charge in [0.1, 0.15) is 0 Å². The van der Waals surface area contributed by atoms with Crippen molar-refractivity contribution in [3.8, 4) is 0 Å². The van der Waals surface area contributed by atoms with Crippen molar-refractivity contribution in [2.24, 2.45) is 5.73 Å². The Morgan fingerprint density at radius 3 is 2.79 bits per heavy atom. The molecule has 0 spiro atoms. The average molecular weight is 301 g/mol. The Bertz CT molecular complexity index is 346. The van der Waals surface area contributed by atoms with Crippen molar-refractivity contribution < 1.29 is 0 Å². The smallest absolute Gasteiger partial charge is 0.0295 e. The van der Waals surface area contributed by atoms with Crippen LogP contribution >= 0.6 is 22.6 Å². The molecule has 0 fully saturated rings. The maximum atomic E-state index is 6.11. The van der Waals surface area contributed by atoms with Crippen LogP contribution in [0.15, 0.2) is 12.1 Å². The Morgan fingerprint density at radius 1 is 1.36 bits per heavy atom. The molecule has 2 rings (SSSR count). The molecule has 1 nitrogen and oxygen atoms in total. The second kappa shape index (κ2) is 4.19. The number of hydrogen-bond donors (Lipinski definition) is 1.